The van der Waals surface area contributed by atoms with E-state index in [1.165, 1.54) is 5.39 Å². The van der Waals surface area contributed by atoms with Gasteiger partial charge >= 0.3 is 120 Å². The van der Waals surface area contributed by atoms with Crippen LogP contribution in [-0.4, -0.2) is 54.0 Å². The van der Waals surface area contributed by atoms with Crippen LogP contribution in [0.15, 0.2) is 109 Å². The topological polar surface area (TPSA) is 104 Å². The van der Waals surface area contributed by atoms with Crippen molar-refractivity contribution >= 4 is 70.8 Å². The van der Waals surface area contributed by atoms with E-state index in [4.69, 9.17) is 0 Å². The molecule has 3 N–H and O–H groups in total. The molecule has 7 nitrogen and oxygen atoms in total. The van der Waals surface area contributed by atoms with E-state index in [1.54, 1.807) is 0 Å². The van der Waals surface area contributed by atoms with E-state index in [0.717, 1.165) is 43.6 Å². The van der Waals surface area contributed by atoms with Gasteiger partial charge in [0.05, 0.1) is 5.56 Å². The van der Waals surface area contributed by atoms with Crippen molar-refractivity contribution in [3.8, 4) is 0 Å². The van der Waals surface area contributed by atoms with E-state index in [-0.39, 0.29) is 46.3 Å². The second kappa shape index (κ2) is 18.1. The van der Waals surface area contributed by atoms with E-state index >= 15 is 0 Å². The molecule has 0 aliphatic carbocycles. The van der Waals surface area contributed by atoms with Gasteiger partial charge in [0.1, 0.15) is 5.78 Å². The molecular weight excluding hydrogens is 786 g/mol. The average Bonchev–Trinajstić information content (AvgIpc) is 3.15. The van der Waals surface area contributed by atoms with Crippen molar-refractivity contribution in [1.29, 1.82) is 0 Å². The van der Waals surface area contributed by atoms with E-state index in [9.17, 15) is 19.2 Å². The zero-order valence-electron chi connectivity index (χ0n) is 35.6. The number of nitrogens with one attached hydrogen (secondary N) is 3. The number of carbonyl (C=O) groups is 4. The van der Waals surface area contributed by atoms with Crippen molar-refractivity contribution in [1.82, 2.24) is 16.0 Å². The van der Waals surface area contributed by atoms with Crippen LogP contribution in [0.2, 0.25) is 5.82 Å². The predicted molar refractivity (Wildman–Crippen MR) is 241 cm³/mol. The molecule has 8 heteroatoms. The molecule has 302 valence electrons. The van der Waals surface area contributed by atoms with Crippen molar-refractivity contribution in [3.63, 3.8) is 0 Å². The molecule has 0 aromatic heterocycles. The SMILES string of the molecule is CC(C)(C)NC(=O)c1cc2ccccc2cc1CCC(=O)Cc1ccc2ccccc2c1C(=O)NC(C)(C)C.C[Se]C(C)(C)NC(=O)c1cc2ccccc2cc1C. The number of aryl methyl sites for hydroxylation is 2. The normalized spacial score (nSPS) is 11.8. The standard InChI is InChI=1S/C34H38N2O3.C16H19NOSe/c1-33(2,3)35-31(38)29-21-24-13-8-7-12-23(24)19-25(29)17-18-27(37)20-26-16-15-22-11-9-10-14-28(22)30(26)32(39)36-34(4,5)6;1-11-9-12-7-5-6-8-13(12)10-14(11)15(18)17-16(2,3)19-4/h7-16,19,21H,17-18,20H2,1-6H3,(H,35,38)(H,36,39);5-10H,1-4H3,(H,17,18). The Morgan fingerprint density at radius 1 is 0.534 bits per heavy atom. The van der Waals surface area contributed by atoms with E-state index < -0.39 is 5.54 Å². The summed E-state index contributed by atoms with van der Waals surface area (Å²) in [6, 6.07) is 35.6. The van der Waals surface area contributed by atoms with Gasteiger partial charge in [-0.05, 0) is 86.7 Å². The number of benzene rings is 6. The van der Waals surface area contributed by atoms with Crippen molar-refractivity contribution < 1.29 is 19.2 Å². The Kier molecular flexibility index (Phi) is 13.7. The number of fused-ring (bicyclic) bond motifs is 3. The number of rotatable bonds is 10. The Balaban J connectivity index is 0.000000281. The molecule has 0 saturated carbocycles. The van der Waals surface area contributed by atoms with Gasteiger partial charge in [-0.1, -0.05) is 66.7 Å². The fourth-order valence-electron chi connectivity index (χ4n) is 6.81. The number of amides is 3. The van der Waals surface area contributed by atoms with Crippen LogP contribution in [0.5, 0.6) is 0 Å². The molecule has 0 spiro atoms. The van der Waals surface area contributed by atoms with Crippen LogP contribution in [0.3, 0.4) is 0 Å². The van der Waals surface area contributed by atoms with Crippen LogP contribution in [-0.2, 0) is 17.6 Å². The molecular formula is C50H57N3O4Se. The van der Waals surface area contributed by atoms with E-state index in [0.29, 0.717) is 38.1 Å². The van der Waals surface area contributed by atoms with E-state index in [2.05, 4.69) is 47.8 Å². The van der Waals surface area contributed by atoms with Crippen LogP contribution in [0.1, 0.15) is 110 Å². The Morgan fingerprint density at radius 3 is 1.59 bits per heavy atom. The molecule has 0 heterocycles. The van der Waals surface area contributed by atoms with Gasteiger partial charge in [0.25, 0.3) is 11.8 Å². The third-order valence-electron chi connectivity index (χ3n) is 9.76. The molecule has 3 amide bonds. The maximum absolute atomic E-state index is 13.3. The number of hydrogen-bond acceptors (Lipinski definition) is 4. The minimum atomic E-state index is -0.407. The molecule has 6 aromatic rings. The Bertz CT molecular complexity index is 2490. The fourth-order valence-corrected chi connectivity index (χ4v) is 7.22. The van der Waals surface area contributed by atoms with Gasteiger partial charge < -0.3 is 10.6 Å². The monoisotopic (exact) mass is 843 g/mol. The fraction of sp³-hybridized carbons (Fsp3) is 0.320. The molecule has 0 saturated heterocycles. The van der Waals surface area contributed by atoms with Gasteiger partial charge in [-0.3, -0.25) is 14.4 Å². The first-order valence-corrected chi connectivity index (χ1v) is 22.4. The van der Waals surface area contributed by atoms with Gasteiger partial charge in [-0.25, -0.2) is 0 Å². The Labute approximate surface area is 349 Å². The maximum atomic E-state index is 13.3. The zero-order chi connectivity index (χ0) is 42.4. The van der Waals surface area contributed by atoms with Crippen LogP contribution in [0.4, 0.5) is 0 Å². The second-order valence-electron chi connectivity index (χ2n) is 17.5. The molecule has 0 radical (unpaired) electrons. The van der Waals surface area contributed by atoms with Crippen LogP contribution in [0.25, 0.3) is 32.3 Å². The summed E-state index contributed by atoms with van der Waals surface area (Å²) in [5, 5.41) is 15.3. The molecule has 0 atom stereocenters. The minimum absolute atomic E-state index is 0.0189. The first kappa shape index (κ1) is 43.8. The van der Waals surface area contributed by atoms with Gasteiger partial charge in [0.15, 0.2) is 0 Å². The van der Waals surface area contributed by atoms with Gasteiger partial charge in [0.2, 0.25) is 0 Å². The van der Waals surface area contributed by atoms with Crippen LogP contribution >= 0.6 is 0 Å². The van der Waals surface area contributed by atoms with Crippen molar-refractivity contribution in [2.24, 2.45) is 0 Å². The summed E-state index contributed by atoms with van der Waals surface area (Å²) in [6.45, 7) is 17.8. The Hall–Kier alpha value is -5.30. The number of carbonyl (C=O) groups excluding carboxylic acids is 4. The van der Waals surface area contributed by atoms with Crippen molar-refractivity contribution in [2.75, 3.05) is 0 Å². The molecule has 0 aliphatic heterocycles. The summed E-state index contributed by atoms with van der Waals surface area (Å²) in [6.07, 6.45) is 0.851. The molecule has 0 aliphatic rings. The van der Waals surface area contributed by atoms with Crippen molar-refractivity contribution in [3.05, 3.63) is 143 Å². The molecule has 0 unspecified atom stereocenters. The predicted octanol–water partition coefficient (Wildman–Crippen LogP) is 10.2. The molecule has 0 bridgehead atoms. The number of ketones is 1. The zero-order valence-corrected chi connectivity index (χ0v) is 37.3. The van der Waals surface area contributed by atoms with Gasteiger partial charge in [0, 0.05) is 29.5 Å². The molecule has 6 rings (SSSR count). The van der Waals surface area contributed by atoms with Crippen LogP contribution in [0, 0.1) is 6.92 Å². The second-order valence-corrected chi connectivity index (χ2v) is 20.5. The summed E-state index contributed by atoms with van der Waals surface area (Å²) in [5.41, 5.74) is 3.70. The summed E-state index contributed by atoms with van der Waals surface area (Å²) in [5.74, 6) is 1.85. The third-order valence-corrected chi connectivity index (χ3v) is 12.1. The molecule has 0 fully saturated rings. The summed E-state index contributed by atoms with van der Waals surface area (Å²) in [7, 11) is 0. The number of hydrogen-bond donors (Lipinski definition) is 3. The van der Waals surface area contributed by atoms with Crippen LogP contribution < -0.4 is 16.0 Å². The first-order chi connectivity index (χ1) is 27.2. The summed E-state index contributed by atoms with van der Waals surface area (Å²) < 4.78 is -0.109. The van der Waals surface area contributed by atoms with Gasteiger partial charge in [-0.2, -0.15) is 0 Å². The first-order valence-electron chi connectivity index (χ1n) is 19.8. The average molecular weight is 843 g/mol. The van der Waals surface area contributed by atoms with E-state index in [1.807, 2.05) is 146 Å². The van der Waals surface area contributed by atoms with Crippen molar-refractivity contribution in [2.45, 2.75) is 103 Å². The summed E-state index contributed by atoms with van der Waals surface area (Å²) >= 11 is 0.368. The van der Waals surface area contributed by atoms with Gasteiger partial charge in [-0.15, -0.1) is 0 Å². The summed E-state index contributed by atoms with van der Waals surface area (Å²) in [4.78, 5) is 52.2. The molecule has 58 heavy (non-hydrogen) atoms. The quantitative estimate of drug-likeness (QED) is 0.120. The Morgan fingerprint density at radius 2 is 1.02 bits per heavy atom. The molecule has 6 aromatic carbocycles. The third kappa shape index (κ3) is 11.6. The number of Topliss-reactive ketones (excluding diaryl/α,β-unsaturated/α-hetero) is 1.